The zero-order valence-electron chi connectivity index (χ0n) is 13.2. The summed E-state index contributed by atoms with van der Waals surface area (Å²) in [5, 5.41) is 21.5. The summed E-state index contributed by atoms with van der Waals surface area (Å²) >= 11 is 0. The van der Waals surface area contributed by atoms with E-state index in [0.29, 0.717) is 17.6 Å². The minimum absolute atomic E-state index is 0.196. The van der Waals surface area contributed by atoms with Crippen molar-refractivity contribution in [3.05, 3.63) is 12.7 Å². The molecule has 2 aliphatic rings. The van der Waals surface area contributed by atoms with Crippen molar-refractivity contribution >= 4 is 24.6 Å². The smallest absolute Gasteiger partial charge is 0.351 e. The van der Waals surface area contributed by atoms with Gasteiger partial charge in [-0.3, -0.25) is 4.57 Å². The van der Waals surface area contributed by atoms with Gasteiger partial charge in [0, 0.05) is 5.92 Å². The number of imidazole rings is 1. The monoisotopic (exact) mass is 371 g/mol. The highest BCUT2D eigenvalue weighted by molar-refractivity contribution is 7.51. The van der Waals surface area contributed by atoms with Crippen LogP contribution in [-0.2, 0) is 9.30 Å². The van der Waals surface area contributed by atoms with Crippen LogP contribution in [-0.4, -0.2) is 63.2 Å². The van der Waals surface area contributed by atoms with Crippen LogP contribution in [0.25, 0.3) is 11.2 Å². The van der Waals surface area contributed by atoms with Crippen LogP contribution in [0.4, 0.5) is 5.82 Å². The molecule has 2 aromatic heterocycles. The van der Waals surface area contributed by atoms with Crippen LogP contribution in [0.1, 0.15) is 19.4 Å². The molecule has 0 radical (unpaired) electrons. The van der Waals surface area contributed by atoms with E-state index in [-0.39, 0.29) is 11.7 Å². The highest BCUT2D eigenvalue weighted by Crippen LogP contribution is 2.67. The highest BCUT2D eigenvalue weighted by atomic mass is 31.2. The lowest BCUT2D eigenvalue weighted by atomic mass is 9.92. The molecule has 4 rings (SSSR count). The Hall–Kier alpha value is -1.62. The predicted molar refractivity (Wildman–Crippen MR) is 84.2 cm³/mol. The van der Waals surface area contributed by atoms with Gasteiger partial charge in [-0.15, -0.1) is 0 Å². The Labute approximate surface area is 141 Å². The van der Waals surface area contributed by atoms with E-state index in [4.69, 9.17) is 20.3 Å². The summed E-state index contributed by atoms with van der Waals surface area (Å²) in [4.78, 5) is 30.3. The molecule has 2 aliphatic carbocycles. The molecular formula is C13H18N5O6P. The number of nitrogens with zero attached hydrogens (tertiary/aromatic N) is 4. The van der Waals surface area contributed by atoms with Crippen molar-refractivity contribution in [2.24, 2.45) is 5.92 Å². The standard InChI is InChI=1S/C13H18N5O6P/c1-12(20)8(18-4-17-7-9(14)15-3-16-10(7)18)6-2-13(6,11(12)19)24-5-25(21,22)23/h3-4,6,8,11,19-20H,2,5H2,1H3,(H2,14,15,16)(H2,21,22,23)/t6?,8-,11?,12-,13+/m1/s1. The van der Waals surface area contributed by atoms with Crippen molar-refractivity contribution < 1.29 is 29.3 Å². The third kappa shape index (κ3) is 2.31. The van der Waals surface area contributed by atoms with E-state index in [1.165, 1.54) is 19.6 Å². The lowest BCUT2D eigenvalue weighted by molar-refractivity contribution is -0.127. The van der Waals surface area contributed by atoms with Crippen LogP contribution >= 0.6 is 7.60 Å². The fourth-order valence-corrected chi connectivity index (χ4v) is 4.45. The summed E-state index contributed by atoms with van der Waals surface area (Å²) in [7, 11) is -4.40. The first-order valence-corrected chi connectivity index (χ1v) is 9.39. The van der Waals surface area contributed by atoms with Crippen LogP contribution in [0.3, 0.4) is 0 Å². The van der Waals surface area contributed by atoms with E-state index in [9.17, 15) is 14.8 Å². The molecule has 2 aromatic rings. The first kappa shape index (κ1) is 16.8. The lowest BCUT2D eigenvalue weighted by Crippen LogP contribution is -2.48. The maximum atomic E-state index is 11.1. The summed E-state index contributed by atoms with van der Waals surface area (Å²) in [6, 6.07) is -0.640. The zero-order valence-corrected chi connectivity index (χ0v) is 14.1. The zero-order chi connectivity index (χ0) is 18.2. The van der Waals surface area contributed by atoms with Crippen molar-refractivity contribution in [1.82, 2.24) is 19.5 Å². The van der Waals surface area contributed by atoms with Crippen molar-refractivity contribution in [3.8, 4) is 0 Å². The van der Waals surface area contributed by atoms with Crippen LogP contribution < -0.4 is 5.73 Å². The summed E-state index contributed by atoms with van der Waals surface area (Å²) in [6.07, 6.45) is 0.954. The van der Waals surface area contributed by atoms with Crippen LogP contribution in [0.15, 0.2) is 12.7 Å². The number of rotatable bonds is 4. The number of aliphatic hydroxyl groups excluding tert-OH is 1. The second kappa shape index (κ2) is 4.97. The Morgan fingerprint density at radius 1 is 1.44 bits per heavy atom. The van der Waals surface area contributed by atoms with Crippen LogP contribution in [0.5, 0.6) is 0 Å². The quantitative estimate of drug-likeness (QED) is 0.418. The summed E-state index contributed by atoms with van der Waals surface area (Å²) in [5.41, 5.74) is 3.75. The van der Waals surface area contributed by atoms with E-state index in [2.05, 4.69) is 15.0 Å². The van der Waals surface area contributed by atoms with Gasteiger partial charge < -0.3 is 35.0 Å². The van der Waals surface area contributed by atoms with Gasteiger partial charge >= 0.3 is 7.60 Å². The fraction of sp³-hybridized carbons (Fsp3) is 0.615. The van der Waals surface area contributed by atoms with Crippen molar-refractivity contribution in [3.63, 3.8) is 0 Å². The molecule has 0 amide bonds. The number of nitrogens with two attached hydrogens (primary N) is 1. The number of fused-ring (bicyclic) bond motifs is 2. The average molecular weight is 371 g/mol. The molecule has 6 N–H and O–H groups in total. The van der Waals surface area contributed by atoms with Gasteiger partial charge in [-0.2, -0.15) is 0 Å². The number of aliphatic hydroxyl groups is 2. The van der Waals surface area contributed by atoms with Crippen LogP contribution in [0, 0.1) is 5.92 Å². The molecule has 25 heavy (non-hydrogen) atoms. The Bertz CT molecular complexity index is 896. The third-order valence-corrected chi connectivity index (χ3v) is 5.66. The molecule has 0 aromatic carbocycles. The van der Waals surface area contributed by atoms with Gasteiger partial charge in [-0.25, -0.2) is 15.0 Å². The van der Waals surface area contributed by atoms with Crippen LogP contribution in [0.2, 0.25) is 0 Å². The Kier molecular flexibility index (Phi) is 3.34. The second-order valence-corrected chi connectivity index (χ2v) is 8.45. The number of hydrogen-bond donors (Lipinski definition) is 5. The van der Waals surface area contributed by atoms with Gasteiger partial charge in [-0.1, -0.05) is 0 Å². The molecule has 0 saturated heterocycles. The SMILES string of the molecule is C[C@]1(O)C(O)[C@]2(OCP(=O)(O)O)CC2[C@H]1n1cnc2c(N)ncnc21. The first-order valence-electron chi connectivity index (χ1n) is 7.60. The lowest BCUT2D eigenvalue weighted by Gasteiger charge is -2.34. The molecule has 0 aliphatic heterocycles. The molecule has 0 spiro atoms. The minimum atomic E-state index is -4.40. The normalized spacial score (nSPS) is 37.4. The number of aromatic nitrogens is 4. The van der Waals surface area contributed by atoms with Gasteiger partial charge in [0.15, 0.2) is 11.5 Å². The molecule has 5 atom stereocenters. The molecular weight excluding hydrogens is 353 g/mol. The molecule has 12 heteroatoms. The maximum absolute atomic E-state index is 11.1. The summed E-state index contributed by atoms with van der Waals surface area (Å²) < 4.78 is 18.1. The number of ether oxygens (including phenoxy) is 1. The summed E-state index contributed by atoms with van der Waals surface area (Å²) in [6.45, 7) is 1.45. The maximum Gasteiger partial charge on any atom is 0.351 e. The second-order valence-electron chi connectivity index (χ2n) is 6.86. The molecule has 2 unspecified atom stereocenters. The number of anilines is 1. The Morgan fingerprint density at radius 2 is 2.16 bits per heavy atom. The van der Waals surface area contributed by atoms with E-state index >= 15 is 0 Å². The topological polar surface area (TPSA) is 177 Å². The number of nitrogen functional groups attached to an aromatic ring is 1. The van der Waals surface area contributed by atoms with Crippen molar-refractivity contribution in [2.75, 3.05) is 12.1 Å². The van der Waals surface area contributed by atoms with Gasteiger partial charge in [-0.05, 0) is 13.3 Å². The van der Waals surface area contributed by atoms with Gasteiger partial charge in [0.1, 0.15) is 35.5 Å². The Balaban J connectivity index is 1.73. The van der Waals surface area contributed by atoms with E-state index in [1.54, 1.807) is 4.57 Å². The van der Waals surface area contributed by atoms with Crippen molar-refractivity contribution in [1.29, 1.82) is 0 Å². The minimum Gasteiger partial charge on any atom is -0.387 e. The predicted octanol–water partition coefficient (Wildman–Crippen LogP) is -1.01. The molecule has 136 valence electrons. The largest absolute Gasteiger partial charge is 0.387 e. The van der Waals surface area contributed by atoms with Gasteiger partial charge in [0.25, 0.3) is 0 Å². The van der Waals surface area contributed by atoms with Crippen molar-refractivity contribution in [2.45, 2.75) is 36.7 Å². The highest BCUT2D eigenvalue weighted by Gasteiger charge is 2.77. The molecule has 2 heterocycles. The van der Waals surface area contributed by atoms with E-state index < -0.39 is 37.3 Å². The molecule has 11 nitrogen and oxygen atoms in total. The Morgan fingerprint density at radius 3 is 2.84 bits per heavy atom. The summed E-state index contributed by atoms with van der Waals surface area (Å²) in [5.74, 6) is -0.153. The molecule has 2 saturated carbocycles. The molecule has 0 bridgehead atoms. The third-order valence-electron chi connectivity index (χ3n) is 5.19. The molecule has 2 fully saturated rings. The number of hydrogen-bond acceptors (Lipinski definition) is 8. The first-order chi connectivity index (χ1) is 11.6. The van der Waals surface area contributed by atoms with E-state index in [1.807, 2.05) is 0 Å². The van der Waals surface area contributed by atoms with Gasteiger partial charge in [0.05, 0.1) is 12.4 Å². The van der Waals surface area contributed by atoms with Gasteiger partial charge in [0.2, 0.25) is 0 Å². The fourth-order valence-electron chi connectivity index (χ4n) is 4.04. The van der Waals surface area contributed by atoms with E-state index in [0.717, 1.165) is 0 Å². The average Bonchev–Trinajstić information content (AvgIpc) is 3.01.